The molecule has 0 spiro atoms. The van der Waals surface area contributed by atoms with Gasteiger partial charge in [-0.25, -0.2) is 0 Å². The summed E-state index contributed by atoms with van der Waals surface area (Å²) in [6.45, 7) is 6.20. The fraction of sp³-hybridized carbons (Fsp3) is 0.409. The average molecular weight is 405 g/mol. The van der Waals surface area contributed by atoms with Gasteiger partial charge in [0.1, 0.15) is 0 Å². The van der Waals surface area contributed by atoms with Gasteiger partial charge in [0, 0.05) is 25.6 Å². The van der Waals surface area contributed by atoms with Crippen LogP contribution < -0.4 is 0 Å². The molecule has 1 saturated heterocycles. The summed E-state index contributed by atoms with van der Waals surface area (Å²) in [5.41, 5.74) is 2.35. The Hall–Kier alpha value is -1.55. The van der Waals surface area contributed by atoms with Gasteiger partial charge >= 0.3 is 0 Å². The first-order valence-corrected chi connectivity index (χ1v) is 10.3. The molecule has 1 heterocycles. The number of likely N-dealkylation sites (tertiary alicyclic amines) is 1. The van der Waals surface area contributed by atoms with Crippen molar-refractivity contribution in [3.05, 3.63) is 69.7 Å². The molecule has 0 bridgehead atoms. The molecule has 0 saturated carbocycles. The van der Waals surface area contributed by atoms with Gasteiger partial charge in [0.2, 0.25) is 5.91 Å². The number of hydrogen-bond acceptors (Lipinski definition) is 2. The minimum absolute atomic E-state index is 0.124. The summed E-state index contributed by atoms with van der Waals surface area (Å²) >= 11 is 12.1. The Morgan fingerprint density at radius 3 is 2.37 bits per heavy atom. The SMILES string of the molecule is CCN(Cc1ccccc1)C(=O)C1CCN(Cc2ccc(Cl)c(Cl)c2)CC1. The molecule has 2 aromatic carbocycles. The largest absolute Gasteiger partial charge is 0.338 e. The molecule has 2 aromatic rings. The summed E-state index contributed by atoms with van der Waals surface area (Å²) in [5.74, 6) is 0.411. The molecule has 5 heteroatoms. The number of piperidine rings is 1. The number of carbonyl (C=O) groups excluding carboxylic acids is 1. The maximum Gasteiger partial charge on any atom is 0.226 e. The Morgan fingerprint density at radius 1 is 1.04 bits per heavy atom. The van der Waals surface area contributed by atoms with Crippen LogP contribution in [0.25, 0.3) is 0 Å². The van der Waals surface area contributed by atoms with Crippen molar-refractivity contribution < 1.29 is 4.79 Å². The van der Waals surface area contributed by atoms with E-state index >= 15 is 0 Å². The van der Waals surface area contributed by atoms with Gasteiger partial charge in [0.15, 0.2) is 0 Å². The zero-order valence-corrected chi connectivity index (χ0v) is 17.2. The van der Waals surface area contributed by atoms with Crippen LogP contribution in [-0.2, 0) is 17.9 Å². The Morgan fingerprint density at radius 2 is 1.74 bits per heavy atom. The van der Waals surface area contributed by atoms with E-state index in [1.165, 1.54) is 5.56 Å². The van der Waals surface area contributed by atoms with E-state index < -0.39 is 0 Å². The molecule has 3 rings (SSSR count). The molecule has 1 amide bonds. The quantitative estimate of drug-likeness (QED) is 0.655. The van der Waals surface area contributed by atoms with Crippen molar-refractivity contribution >= 4 is 29.1 Å². The molecule has 0 unspecified atom stereocenters. The van der Waals surface area contributed by atoms with Crippen LogP contribution in [0, 0.1) is 5.92 Å². The minimum Gasteiger partial charge on any atom is -0.338 e. The summed E-state index contributed by atoms with van der Waals surface area (Å²) in [7, 11) is 0. The smallest absolute Gasteiger partial charge is 0.226 e. The minimum atomic E-state index is 0.124. The predicted octanol–water partition coefficient (Wildman–Crippen LogP) is 5.25. The highest BCUT2D eigenvalue weighted by molar-refractivity contribution is 6.42. The van der Waals surface area contributed by atoms with Gasteiger partial charge < -0.3 is 4.90 Å². The summed E-state index contributed by atoms with van der Waals surface area (Å²) in [6, 6.07) is 16.0. The summed E-state index contributed by atoms with van der Waals surface area (Å²) in [6.07, 6.45) is 1.82. The standard InChI is InChI=1S/C22H26Cl2N2O/c1-2-26(16-17-6-4-3-5-7-17)22(27)19-10-12-25(13-11-19)15-18-8-9-20(23)21(24)14-18/h3-9,14,19H,2,10-13,15-16H2,1H3. The molecule has 1 aliphatic heterocycles. The fourth-order valence-corrected chi connectivity index (χ4v) is 3.96. The van der Waals surface area contributed by atoms with Crippen LogP contribution in [0.15, 0.2) is 48.5 Å². The van der Waals surface area contributed by atoms with Crippen molar-refractivity contribution in [1.82, 2.24) is 9.80 Å². The van der Waals surface area contributed by atoms with E-state index in [-0.39, 0.29) is 11.8 Å². The van der Waals surface area contributed by atoms with Crippen LogP contribution in [0.4, 0.5) is 0 Å². The van der Waals surface area contributed by atoms with Gasteiger partial charge in [-0.1, -0.05) is 59.6 Å². The number of carbonyl (C=O) groups is 1. The molecule has 0 atom stereocenters. The van der Waals surface area contributed by atoms with Crippen LogP contribution >= 0.6 is 23.2 Å². The second-order valence-electron chi connectivity index (χ2n) is 7.14. The zero-order valence-electron chi connectivity index (χ0n) is 15.7. The fourth-order valence-electron chi connectivity index (χ4n) is 3.64. The third-order valence-corrected chi connectivity index (χ3v) is 5.98. The molecular formula is C22H26Cl2N2O. The van der Waals surface area contributed by atoms with E-state index in [1.807, 2.05) is 41.3 Å². The van der Waals surface area contributed by atoms with Crippen molar-refractivity contribution in [2.45, 2.75) is 32.9 Å². The third kappa shape index (κ3) is 5.47. The molecule has 27 heavy (non-hydrogen) atoms. The van der Waals surface area contributed by atoms with Crippen molar-refractivity contribution in [2.24, 2.45) is 5.92 Å². The van der Waals surface area contributed by atoms with Crippen molar-refractivity contribution in [1.29, 1.82) is 0 Å². The molecule has 1 fully saturated rings. The van der Waals surface area contributed by atoms with Crippen molar-refractivity contribution in [2.75, 3.05) is 19.6 Å². The van der Waals surface area contributed by atoms with Crippen LogP contribution in [-0.4, -0.2) is 35.3 Å². The number of rotatable bonds is 6. The van der Waals surface area contributed by atoms with Gasteiger partial charge in [-0.3, -0.25) is 9.69 Å². The predicted molar refractivity (Wildman–Crippen MR) is 112 cm³/mol. The van der Waals surface area contributed by atoms with Crippen LogP contribution in [0.1, 0.15) is 30.9 Å². The first kappa shape index (κ1) is 20.2. The number of amides is 1. The number of nitrogens with zero attached hydrogens (tertiary/aromatic N) is 2. The third-order valence-electron chi connectivity index (χ3n) is 5.24. The Bertz CT molecular complexity index is 758. The van der Waals surface area contributed by atoms with Gasteiger partial charge in [-0.05, 0) is 56.1 Å². The van der Waals surface area contributed by atoms with Crippen molar-refractivity contribution in [3.63, 3.8) is 0 Å². The number of halogens is 2. The first-order chi connectivity index (χ1) is 13.1. The zero-order chi connectivity index (χ0) is 19.2. The van der Waals surface area contributed by atoms with Gasteiger partial charge in [-0.2, -0.15) is 0 Å². The highest BCUT2D eigenvalue weighted by atomic mass is 35.5. The number of benzene rings is 2. The lowest BCUT2D eigenvalue weighted by molar-refractivity contribution is -0.137. The molecular weight excluding hydrogens is 379 g/mol. The summed E-state index contributed by atoms with van der Waals surface area (Å²) < 4.78 is 0. The van der Waals surface area contributed by atoms with E-state index in [2.05, 4.69) is 24.0 Å². The lowest BCUT2D eigenvalue weighted by atomic mass is 9.94. The topological polar surface area (TPSA) is 23.6 Å². The van der Waals surface area contributed by atoms with Crippen LogP contribution in [0.3, 0.4) is 0 Å². The number of hydrogen-bond donors (Lipinski definition) is 0. The van der Waals surface area contributed by atoms with E-state index in [4.69, 9.17) is 23.2 Å². The molecule has 1 aliphatic rings. The molecule has 0 aliphatic carbocycles. The first-order valence-electron chi connectivity index (χ1n) is 9.55. The Kier molecular flexibility index (Phi) is 7.17. The van der Waals surface area contributed by atoms with E-state index in [0.717, 1.165) is 44.6 Å². The van der Waals surface area contributed by atoms with Crippen molar-refractivity contribution in [3.8, 4) is 0 Å². The second kappa shape index (κ2) is 9.59. The van der Waals surface area contributed by atoms with E-state index in [0.29, 0.717) is 16.6 Å². The van der Waals surface area contributed by atoms with Crippen LogP contribution in [0.5, 0.6) is 0 Å². The molecule has 144 valence electrons. The lowest BCUT2D eigenvalue weighted by Gasteiger charge is -2.34. The summed E-state index contributed by atoms with van der Waals surface area (Å²) in [5, 5.41) is 1.18. The Balaban J connectivity index is 1.52. The summed E-state index contributed by atoms with van der Waals surface area (Å²) in [4.78, 5) is 17.3. The maximum absolute atomic E-state index is 13.0. The van der Waals surface area contributed by atoms with Gasteiger partial charge in [-0.15, -0.1) is 0 Å². The average Bonchev–Trinajstić information content (AvgIpc) is 2.70. The van der Waals surface area contributed by atoms with Gasteiger partial charge in [0.25, 0.3) is 0 Å². The Labute approximate surface area is 171 Å². The molecule has 0 aromatic heterocycles. The highest BCUT2D eigenvalue weighted by Crippen LogP contribution is 2.25. The molecule has 3 nitrogen and oxygen atoms in total. The lowest BCUT2D eigenvalue weighted by Crippen LogP contribution is -2.42. The monoisotopic (exact) mass is 404 g/mol. The van der Waals surface area contributed by atoms with E-state index in [1.54, 1.807) is 0 Å². The highest BCUT2D eigenvalue weighted by Gasteiger charge is 2.28. The molecule has 0 N–H and O–H groups in total. The second-order valence-corrected chi connectivity index (χ2v) is 7.95. The normalized spacial score (nSPS) is 15.7. The van der Waals surface area contributed by atoms with Crippen LogP contribution in [0.2, 0.25) is 10.0 Å². The maximum atomic E-state index is 13.0. The van der Waals surface area contributed by atoms with E-state index in [9.17, 15) is 4.79 Å². The molecule has 0 radical (unpaired) electrons. The van der Waals surface area contributed by atoms with Gasteiger partial charge in [0.05, 0.1) is 10.0 Å².